The van der Waals surface area contributed by atoms with Crippen molar-refractivity contribution in [3.05, 3.63) is 30.0 Å². The monoisotopic (exact) mass is 395 g/mol. The maximum atomic E-state index is 12.1. The molecule has 2 atom stereocenters. The van der Waals surface area contributed by atoms with Crippen LogP contribution in [0.25, 0.3) is 0 Å². The van der Waals surface area contributed by atoms with E-state index in [-0.39, 0.29) is 35.8 Å². The van der Waals surface area contributed by atoms with Gasteiger partial charge in [-0.15, -0.1) is 10.2 Å². The second kappa shape index (κ2) is 9.01. The number of hydrogen-bond donors (Lipinski definition) is 0. The Hall–Kier alpha value is -1.68. The van der Waals surface area contributed by atoms with Gasteiger partial charge in [-0.05, 0) is 25.0 Å². The molecule has 8 nitrogen and oxygen atoms in total. The molecule has 2 unspecified atom stereocenters. The van der Waals surface area contributed by atoms with Crippen LogP contribution in [0, 0.1) is 0 Å². The van der Waals surface area contributed by atoms with Crippen LogP contribution >= 0.6 is 11.8 Å². The Morgan fingerprint density at radius 1 is 1.22 bits per heavy atom. The smallest absolute Gasteiger partial charge is 0.208 e. The molecule has 0 saturated heterocycles. The molecule has 1 aliphatic rings. The van der Waals surface area contributed by atoms with Gasteiger partial charge >= 0.3 is 0 Å². The Bertz CT molecular complexity index is 734. The first-order valence-electron chi connectivity index (χ1n) is 8.76. The Morgan fingerprint density at radius 3 is 2.48 bits per heavy atom. The Morgan fingerprint density at radius 2 is 1.93 bits per heavy atom. The SMILES string of the molecule is COC1CC(c2nnc(SCC(=O)c3ccco3)n2C)CC(OC)C1OC. The molecule has 0 aliphatic heterocycles. The molecule has 2 aromatic heterocycles. The molecule has 9 heteroatoms. The molecule has 0 radical (unpaired) electrons. The van der Waals surface area contributed by atoms with Crippen molar-refractivity contribution in [3.8, 4) is 0 Å². The number of nitrogens with zero attached hydrogens (tertiary/aromatic N) is 3. The number of carbonyl (C=O) groups is 1. The number of methoxy groups -OCH3 is 3. The Labute approximate surface area is 162 Å². The summed E-state index contributed by atoms with van der Waals surface area (Å²) in [4.78, 5) is 12.1. The van der Waals surface area contributed by atoms with Gasteiger partial charge in [0.1, 0.15) is 11.9 Å². The van der Waals surface area contributed by atoms with Crippen LogP contribution in [0.1, 0.15) is 35.1 Å². The Balaban J connectivity index is 1.69. The highest BCUT2D eigenvalue weighted by molar-refractivity contribution is 7.99. The summed E-state index contributed by atoms with van der Waals surface area (Å²) in [5.41, 5.74) is 0. The average molecular weight is 395 g/mol. The van der Waals surface area contributed by atoms with Gasteiger partial charge in [0.2, 0.25) is 5.78 Å². The molecule has 2 aromatic rings. The summed E-state index contributed by atoms with van der Waals surface area (Å²) in [6.45, 7) is 0. The van der Waals surface area contributed by atoms with Crippen LogP contribution in [-0.4, -0.2) is 65.9 Å². The summed E-state index contributed by atoms with van der Waals surface area (Å²) in [6.07, 6.45) is 2.78. The van der Waals surface area contributed by atoms with E-state index in [1.54, 1.807) is 33.5 Å². The van der Waals surface area contributed by atoms with E-state index in [2.05, 4.69) is 10.2 Å². The van der Waals surface area contributed by atoms with Crippen LogP contribution in [0.3, 0.4) is 0 Å². The van der Waals surface area contributed by atoms with Crippen molar-refractivity contribution in [1.29, 1.82) is 0 Å². The normalized spacial score (nSPS) is 25.6. The predicted molar refractivity (Wildman–Crippen MR) is 99.1 cm³/mol. The highest BCUT2D eigenvalue weighted by atomic mass is 32.2. The summed E-state index contributed by atoms with van der Waals surface area (Å²) in [7, 11) is 6.96. The average Bonchev–Trinajstić information content (AvgIpc) is 3.35. The van der Waals surface area contributed by atoms with Crippen molar-refractivity contribution in [3.63, 3.8) is 0 Å². The van der Waals surface area contributed by atoms with E-state index >= 15 is 0 Å². The molecular formula is C18H25N3O5S. The number of furan rings is 1. The number of thioether (sulfide) groups is 1. The van der Waals surface area contributed by atoms with Crippen molar-refractivity contribution >= 4 is 17.5 Å². The molecule has 0 amide bonds. The zero-order valence-electron chi connectivity index (χ0n) is 16.0. The van der Waals surface area contributed by atoms with E-state index in [0.29, 0.717) is 10.9 Å². The minimum Gasteiger partial charge on any atom is -0.461 e. The molecule has 0 bridgehead atoms. The zero-order valence-corrected chi connectivity index (χ0v) is 16.8. The molecular weight excluding hydrogens is 370 g/mol. The summed E-state index contributed by atoms with van der Waals surface area (Å²) in [5.74, 6) is 1.53. The van der Waals surface area contributed by atoms with Crippen LogP contribution < -0.4 is 0 Å². The lowest BCUT2D eigenvalue weighted by Crippen LogP contribution is -2.47. The minimum absolute atomic E-state index is 0.0750. The number of ether oxygens (including phenoxy) is 3. The van der Waals surface area contributed by atoms with Crippen molar-refractivity contribution < 1.29 is 23.4 Å². The number of rotatable bonds is 8. The third-order valence-corrected chi connectivity index (χ3v) is 6.03. The molecule has 3 rings (SSSR count). The first kappa shape index (κ1) is 20.1. The van der Waals surface area contributed by atoms with Crippen molar-refractivity contribution in [2.75, 3.05) is 27.1 Å². The van der Waals surface area contributed by atoms with E-state index in [1.165, 1.54) is 18.0 Å². The quantitative estimate of drug-likeness (QED) is 0.497. The van der Waals surface area contributed by atoms with Crippen LogP contribution in [0.15, 0.2) is 28.0 Å². The van der Waals surface area contributed by atoms with E-state index in [4.69, 9.17) is 18.6 Å². The lowest BCUT2D eigenvalue weighted by atomic mass is 9.82. The first-order chi connectivity index (χ1) is 13.1. The summed E-state index contributed by atoms with van der Waals surface area (Å²) in [5, 5.41) is 9.34. The highest BCUT2D eigenvalue weighted by Gasteiger charge is 2.40. The molecule has 1 aliphatic carbocycles. The van der Waals surface area contributed by atoms with Gasteiger partial charge < -0.3 is 23.2 Å². The molecule has 148 valence electrons. The molecule has 27 heavy (non-hydrogen) atoms. The number of carbonyl (C=O) groups excluding carboxylic acids is 1. The fraction of sp³-hybridized carbons (Fsp3) is 0.611. The number of aromatic nitrogens is 3. The van der Waals surface area contributed by atoms with Crippen LogP contribution in [-0.2, 0) is 21.3 Å². The van der Waals surface area contributed by atoms with E-state index in [1.807, 2.05) is 11.6 Å². The third kappa shape index (κ3) is 4.26. The molecule has 0 spiro atoms. The molecule has 0 N–H and O–H groups in total. The van der Waals surface area contributed by atoms with E-state index in [0.717, 1.165) is 18.7 Å². The maximum Gasteiger partial charge on any atom is 0.208 e. The Kier molecular flexibility index (Phi) is 6.69. The predicted octanol–water partition coefficient (Wildman–Crippen LogP) is 2.31. The van der Waals surface area contributed by atoms with Crippen LogP contribution in [0.2, 0.25) is 0 Å². The number of hydrogen-bond acceptors (Lipinski definition) is 8. The molecule has 1 saturated carbocycles. The fourth-order valence-electron chi connectivity index (χ4n) is 3.59. The van der Waals surface area contributed by atoms with E-state index in [9.17, 15) is 4.79 Å². The van der Waals surface area contributed by atoms with Gasteiger partial charge in [-0.1, -0.05) is 11.8 Å². The van der Waals surface area contributed by atoms with Crippen molar-refractivity contribution in [2.24, 2.45) is 7.05 Å². The van der Waals surface area contributed by atoms with Gasteiger partial charge in [0, 0.05) is 34.3 Å². The van der Waals surface area contributed by atoms with Crippen molar-refractivity contribution in [2.45, 2.75) is 42.2 Å². The van der Waals surface area contributed by atoms with Gasteiger partial charge in [-0.25, -0.2) is 0 Å². The minimum atomic E-state index is -0.107. The van der Waals surface area contributed by atoms with Gasteiger partial charge in [0.25, 0.3) is 0 Å². The van der Waals surface area contributed by atoms with Gasteiger partial charge in [-0.3, -0.25) is 4.79 Å². The topological polar surface area (TPSA) is 88.6 Å². The zero-order chi connectivity index (χ0) is 19.4. The highest BCUT2D eigenvalue weighted by Crippen LogP contribution is 2.36. The second-order valence-electron chi connectivity index (χ2n) is 6.51. The first-order valence-corrected chi connectivity index (χ1v) is 9.74. The van der Waals surface area contributed by atoms with Crippen LogP contribution in [0.5, 0.6) is 0 Å². The fourth-order valence-corrected chi connectivity index (χ4v) is 4.37. The summed E-state index contributed by atoms with van der Waals surface area (Å²) in [6, 6.07) is 3.36. The van der Waals surface area contributed by atoms with E-state index < -0.39 is 0 Å². The van der Waals surface area contributed by atoms with Crippen molar-refractivity contribution in [1.82, 2.24) is 14.8 Å². The molecule has 1 fully saturated rings. The summed E-state index contributed by atoms with van der Waals surface area (Å²) < 4.78 is 23.9. The largest absolute Gasteiger partial charge is 0.461 e. The second-order valence-corrected chi connectivity index (χ2v) is 7.45. The summed E-state index contributed by atoms with van der Waals surface area (Å²) >= 11 is 1.35. The maximum absolute atomic E-state index is 12.1. The lowest BCUT2D eigenvalue weighted by molar-refractivity contribution is -0.133. The van der Waals surface area contributed by atoms with Crippen LogP contribution in [0.4, 0.5) is 0 Å². The van der Waals surface area contributed by atoms with Gasteiger partial charge in [0.05, 0.1) is 24.2 Å². The number of Topliss-reactive ketones (excluding diaryl/α,β-unsaturated/α-hetero) is 1. The lowest BCUT2D eigenvalue weighted by Gasteiger charge is -2.39. The molecule has 2 heterocycles. The molecule has 0 aromatic carbocycles. The third-order valence-electron chi connectivity index (χ3n) is 5.01. The van der Waals surface area contributed by atoms with Gasteiger partial charge in [-0.2, -0.15) is 0 Å². The standard InChI is InChI=1S/C18H25N3O5S/c1-21-17(11-8-14(23-2)16(25-4)15(9-11)24-3)19-20-18(21)27-10-12(22)13-6-5-7-26-13/h5-7,11,14-16H,8-10H2,1-4H3. The van der Waals surface area contributed by atoms with Gasteiger partial charge in [0.15, 0.2) is 10.9 Å². The number of ketones is 1.